The van der Waals surface area contributed by atoms with Gasteiger partial charge >= 0.3 is 0 Å². The van der Waals surface area contributed by atoms with Gasteiger partial charge in [-0.2, -0.15) is 0 Å². The summed E-state index contributed by atoms with van der Waals surface area (Å²) in [6, 6.07) is 5.90. The lowest BCUT2D eigenvalue weighted by Gasteiger charge is -2.07. The average molecular weight is 299 g/mol. The summed E-state index contributed by atoms with van der Waals surface area (Å²) in [5.41, 5.74) is 0.460. The Labute approximate surface area is 105 Å². The SMILES string of the molecule is COc1cc(Br)c(F)cc1-c1ccc(C=O)o1. The minimum Gasteiger partial charge on any atom is -0.496 e. The minimum absolute atomic E-state index is 0.186. The first-order valence-corrected chi connectivity index (χ1v) is 5.53. The highest BCUT2D eigenvalue weighted by Crippen LogP contribution is 2.35. The molecular weight excluding hydrogens is 291 g/mol. The minimum atomic E-state index is -0.426. The Bertz CT molecular complexity index is 563. The number of ether oxygens (including phenoxy) is 1. The van der Waals surface area contributed by atoms with Crippen LogP contribution in [0.3, 0.4) is 0 Å². The van der Waals surface area contributed by atoms with E-state index in [0.29, 0.717) is 27.8 Å². The number of aldehydes is 1. The molecule has 2 aromatic rings. The summed E-state index contributed by atoms with van der Waals surface area (Å²) in [5, 5.41) is 0. The van der Waals surface area contributed by atoms with Crippen molar-refractivity contribution in [2.45, 2.75) is 0 Å². The molecule has 0 saturated carbocycles. The fourth-order valence-electron chi connectivity index (χ4n) is 1.45. The lowest BCUT2D eigenvalue weighted by atomic mass is 10.1. The zero-order valence-corrected chi connectivity index (χ0v) is 10.5. The van der Waals surface area contributed by atoms with Crippen LogP contribution in [0.15, 0.2) is 33.2 Å². The third-order valence-electron chi connectivity index (χ3n) is 2.25. The average Bonchev–Trinajstić information content (AvgIpc) is 2.80. The lowest BCUT2D eigenvalue weighted by molar-refractivity contribution is 0.110. The van der Waals surface area contributed by atoms with Crippen molar-refractivity contribution in [1.29, 1.82) is 0 Å². The molecule has 1 aromatic carbocycles. The number of rotatable bonds is 3. The molecule has 0 atom stereocenters. The first-order chi connectivity index (χ1) is 8.15. The van der Waals surface area contributed by atoms with Gasteiger partial charge in [-0.05, 0) is 40.2 Å². The molecule has 2 rings (SSSR count). The van der Waals surface area contributed by atoms with Gasteiger partial charge in [0, 0.05) is 0 Å². The molecule has 1 aromatic heterocycles. The van der Waals surface area contributed by atoms with E-state index in [-0.39, 0.29) is 5.76 Å². The number of hydrogen-bond donors (Lipinski definition) is 0. The van der Waals surface area contributed by atoms with E-state index in [1.165, 1.54) is 25.3 Å². The van der Waals surface area contributed by atoms with Crippen molar-refractivity contribution in [3.63, 3.8) is 0 Å². The summed E-state index contributed by atoms with van der Waals surface area (Å²) in [6.45, 7) is 0. The Morgan fingerprint density at radius 3 is 2.76 bits per heavy atom. The summed E-state index contributed by atoms with van der Waals surface area (Å²) in [4.78, 5) is 10.5. The smallest absolute Gasteiger partial charge is 0.185 e. The second kappa shape index (κ2) is 4.71. The number of benzene rings is 1. The quantitative estimate of drug-likeness (QED) is 0.812. The van der Waals surface area contributed by atoms with Crippen LogP contribution < -0.4 is 4.74 Å². The molecule has 0 saturated heterocycles. The van der Waals surface area contributed by atoms with Gasteiger partial charge in [-0.3, -0.25) is 4.79 Å². The normalized spacial score (nSPS) is 10.3. The highest BCUT2D eigenvalue weighted by atomic mass is 79.9. The van der Waals surface area contributed by atoms with E-state index in [9.17, 15) is 9.18 Å². The molecule has 0 bridgehead atoms. The second-order valence-electron chi connectivity index (χ2n) is 3.29. The van der Waals surface area contributed by atoms with Crippen molar-refractivity contribution >= 4 is 22.2 Å². The van der Waals surface area contributed by atoms with Crippen molar-refractivity contribution in [2.75, 3.05) is 7.11 Å². The topological polar surface area (TPSA) is 39.4 Å². The predicted molar refractivity (Wildman–Crippen MR) is 63.7 cm³/mol. The van der Waals surface area contributed by atoms with Crippen molar-refractivity contribution in [2.24, 2.45) is 0 Å². The molecule has 0 spiro atoms. The van der Waals surface area contributed by atoms with Gasteiger partial charge in [-0.1, -0.05) is 0 Å². The van der Waals surface area contributed by atoms with Crippen molar-refractivity contribution in [1.82, 2.24) is 0 Å². The van der Waals surface area contributed by atoms with Crippen LogP contribution in [0.4, 0.5) is 4.39 Å². The Kier molecular flexibility index (Phi) is 3.28. The molecule has 0 fully saturated rings. The van der Waals surface area contributed by atoms with E-state index in [1.807, 2.05) is 0 Å². The summed E-state index contributed by atoms with van der Waals surface area (Å²) >= 11 is 3.07. The molecule has 0 amide bonds. The predicted octanol–water partition coefficient (Wildman–Crippen LogP) is 3.67. The van der Waals surface area contributed by atoms with E-state index in [1.54, 1.807) is 6.07 Å². The lowest BCUT2D eigenvalue weighted by Crippen LogP contribution is -1.89. The first kappa shape index (κ1) is 11.9. The van der Waals surface area contributed by atoms with E-state index in [4.69, 9.17) is 9.15 Å². The highest BCUT2D eigenvalue weighted by molar-refractivity contribution is 9.10. The number of furan rings is 1. The van der Waals surface area contributed by atoms with Crippen molar-refractivity contribution in [3.8, 4) is 17.1 Å². The number of hydrogen-bond acceptors (Lipinski definition) is 3. The summed E-state index contributed by atoms with van der Waals surface area (Å²) < 4.78 is 24.1. The molecule has 5 heteroatoms. The molecule has 88 valence electrons. The van der Waals surface area contributed by atoms with Crippen LogP contribution in [-0.4, -0.2) is 13.4 Å². The van der Waals surface area contributed by atoms with Crippen molar-refractivity contribution < 1.29 is 18.3 Å². The third-order valence-corrected chi connectivity index (χ3v) is 2.86. The maximum absolute atomic E-state index is 13.5. The van der Waals surface area contributed by atoms with Crippen LogP contribution in [-0.2, 0) is 0 Å². The van der Waals surface area contributed by atoms with Gasteiger partial charge < -0.3 is 9.15 Å². The number of methoxy groups -OCH3 is 1. The Balaban J connectivity index is 2.57. The van der Waals surface area contributed by atoms with E-state index >= 15 is 0 Å². The van der Waals surface area contributed by atoms with Gasteiger partial charge in [0.15, 0.2) is 12.0 Å². The highest BCUT2D eigenvalue weighted by Gasteiger charge is 2.14. The van der Waals surface area contributed by atoms with Gasteiger partial charge in [-0.15, -0.1) is 0 Å². The van der Waals surface area contributed by atoms with E-state index in [2.05, 4.69) is 15.9 Å². The number of carbonyl (C=O) groups is 1. The zero-order valence-electron chi connectivity index (χ0n) is 8.87. The Morgan fingerprint density at radius 1 is 1.41 bits per heavy atom. The van der Waals surface area contributed by atoms with Crippen LogP contribution in [0.25, 0.3) is 11.3 Å². The first-order valence-electron chi connectivity index (χ1n) is 4.74. The van der Waals surface area contributed by atoms with Crippen LogP contribution in [0.1, 0.15) is 10.6 Å². The third kappa shape index (κ3) is 2.24. The molecule has 0 aliphatic carbocycles. The molecule has 0 aliphatic heterocycles. The maximum atomic E-state index is 13.5. The Morgan fingerprint density at radius 2 is 2.18 bits per heavy atom. The molecule has 3 nitrogen and oxygen atoms in total. The fourth-order valence-corrected chi connectivity index (χ4v) is 1.77. The van der Waals surface area contributed by atoms with Crippen LogP contribution in [0.2, 0.25) is 0 Å². The monoisotopic (exact) mass is 298 g/mol. The molecule has 0 aliphatic rings. The van der Waals surface area contributed by atoms with Crippen molar-refractivity contribution in [3.05, 3.63) is 40.3 Å². The van der Waals surface area contributed by atoms with Gasteiger partial charge in [0.05, 0.1) is 17.1 Å². The molecule has 1 heterocycles. The molecule has 17 heavy (non-hydrogen) atoms. The number of halogens is 2. The largest absolute Gasteiger partial charge is 0.496 e. The van der Waals surface area contributed by atoms with Crippen LogP contribution in [0, 0.1) is 5.82 Å². The van der Waals surface area contributed by atoms with E-state index < -0.39 is 5.82 Å². The molecule has 0 N–H and O–H groups in total. The van der Waals surface area contributed by atoms with Gasteiger partial charge in [-0.25, -0.2) is 4.39 Å². The molecular formula is C12H8BrFO3. The second-order valence-corrected chi connectivity index (χ2v) is 4.14. The van der Waals surface area contributed by atoms with Gasteiger partial charge in [0.25, 0.3) is 0 Å². The summed E-state index contributed by atoms with van der Waals surface area (Å²) in [5.74, 6) is 0.607. The van der Waals surface area contributed by atoms with E-state index in [0.717, 1.165) is 0 Å². The molecule has 0 radical (unpaired) electrons. The van der Waals surface area contributed by atoms with Crippen LogP contribution >= 0.6 is 15.9 Å². The van der Waals surface area contributed by atoms with Gasteiger partial charge in [0.1, 0.15) is 17.3 Å². The zero-order chi connectivity index (χ0) is 12.4. The fraction of sp³-hybridized carbons (Fsp3) is 0.0833. The Hall–Kier alpha value is -1.62. The summed E-state index contributed by atoms with van der Waals surface area (Å²) in [7, 11) is 1.48. The maximum Gasteiger partial charge on any atom is 0.185 e. The standard InChI is InChI=1S/C12H8BrFO3/c1-16-12-5-9(13)10(14)4-8(12)11-3-2-7(6-15)17-11/h2-6H,1H3. The molecule has 0 unspecified atom stereocenters. The summed E-state index contributed by atoms with van der Waals surface area (Å²) in [6.07, 6.45) is 0.588. The van der Waals surface area contributed by atoms with Crippen LogP contribution in [0.5, 0.6) is 5.75 Å². The van der Waals surface area contributed by atoms with Gasteiger partial charge in [0.2, 0.25) is 0 Å². The number of carbonyl (C=O) groups excluding carboxylic acids is 1.